The highest BCUT2D eigenvalue weighted by Crippen LogP contribution is 2.45. The monoisotopic (exact) mass is 306 g/mol. The van der Waals surface area contributed by atoms with Gasteiger partial charge in [-0.15, -0.1) is 0 Å². The predicted molar refractivity (Wildman–Crippen MR) is 81.2 cm³/mol. The molecule has 4 nitrogen and oxygen atoms in total. The van der Waals surface area contributed by atoms with Gasteiger partial charge in [-0.1, -0.05) is 30.2 Å². The van der Waals surface area contributed by atoms with Gasteiger partial charge >= 0.3 is 0 Å². The lowest BCUT2D eigenvalue weighted by Crippen LogP contribution is -2.52. The fraction of sp³-hybridized carbons (Fsp3) is 0.500. The molecular formula is C16H19ClN2O2. The van der Waals surface area contributed by atoms with E-state index in [1.807, 2.05) is 24.3 Å². The highest BCUT2D eigenvalue weighted by atomic mass is 35.5. The van der Waals surface area contributed by atoms with Crippen LogP contribution in [0.1, 0.15) is 31.2 Å². The average molecular weight is 307 g/mol. The molecule has 1 aliphatic heterocycles. The van der Waals surface area contributed by atoms with Crippen molar-refractivity contribution in [2.75, 3.05) is 19.6 Å². The number of nitrogens with one attached hydrogen (secondary N) is 1. The minimum absolute atomic E-state index is 0.0681. The lowest BCUT2D eigenvalue weighted by atomic mass is 9.63. The van der Waals surface area contributed by atoms with E-state index in [0.29, 0.717) is 18.1 Å². The molecule has 21 heavy (non-hydrogen) atoms. The minimum atomic E-state index is -0.477. The van der Waals surface area contributed by atoms with Crippen molar-refractivity contribution in [1.82, 2.24) is 10.2 Å². The summed E-state index contributed by atoms with van der Waals surface area (Å²) >= 11 is 6.08. The number of carbonyl (C=O) groups excluding carboxylic acids is 2. The van der Waals surface area contributed by atoms with E-state index in [1.165, 1.54) is 0 Å². The number of amides is 2. The average Bonchev–Trinajstić information content (AvgIpc) is 2.62. The fourth-order valence-electron chi connectivity index (χ4n) is 3.22. The van der Waals surface area contributed by atoms with Crippen LogP contribution in [0.3, 0.4) is 0 Å². The van der Waals surface area contributed by atoms with Crippen molar-refractivity contribution in [2.45, 2.75) is 31.1 Å². The summed E-state index contributed by atoms with van der Waals surface area (Å²) in [7, 11) is 0. The van der Waals surface area contributed by atoms with Gasteiger partial charge in [-0.25, -0.2) is 0 Å². The molecule has 1 N–H and O–H groups in total. The number of benzene rings is 1. The normalized spacial score (nSPS) is 21.2. The van der Waals surface area contributed by atoms with Gasteiger partial charge in [-0.05, 0) is 37.0 Å². The van der Waals surface area contributed by atoms with Gasteiger partial charge in [0.15, 0.2) is 0 Å². The molecule has 1 aromatic rings. The molecule has 0 atom stereocenters. The van der Waals surface area contributed by atoms with Crippen LogP contribution in [0, 0.1) is 0 Å². The first kappa shape index (κ1) is 14.4. The van der Waals surface area contributed by atoms with Crippen LogP contribution in [0.25, 0.3) is 0 Å². The maximum Gasteiger partial charge on any atom is 0.239 e. The van der Waals surface area contributed by atoms with Gasteiger partial charge in [-0.3, -0.25) is 9.59 Å². The Kier molecular flexibility index (Phi) is 3.89. The largest absolute Gasteiger partial charge is 0.354 e. The lowest BCUT2D eigenvalue weighted by molar-refractivity contribution is -0.143. The standard InChI is InChI=1S/C16H19ClN2O2/c17-13-5-1-4-12(10-13)16(6-2-7-16)15(21)19-9-3-8-18-14(20)11-19/h1,4-5,10H,2-3,6-9,11H2,(H,18,20). The Labute approximate surface area is 129 Å². The van der Waals surface area contributed by atoms with Crippen molar-refractivity contribution < 1.29 is 9.59 Å². The zero-order valence-corrected chi connectivity index (χ0v) is 12.7. The molecule has 0 spiro atoms. The third-order valence-electron chi connectivity index (χ3n) is 4.54. The highest BCUT2D eigenvalue weighted by molar-refractivity contribution is 6.30. The van der Waals surface area contributed by atoms with Crippen LogP contribution < -0.4 is 5.32 Å². The molecule has 1 aliphatic carbocycles. The molecule has 5 heteroatoms. The van der Waals surface area contributed by atoms with Crippen LogP contribution in [-0.2, 0) is 15.0 Å². The number of nitrogens with zero attached hydrogens (tertiary/aromatic N) is 1. The molecule has 1 heterocycles. The molecule has 2 amide bonds. The van der Waals surface area contributed by atoms with Crippen LogP contribution in [0.2, 0.25) is 5.02 Å². The smallest absolute Gasteiger partial charge is 0.239 e. The van der Waals surface area contributed by atoms with E-state index in [4.69, 9.17) is 11.6 Å². The summed E-state index contributed by atoms with van der Waals surface area (Å²) in [5.41, 5.74) is 0.506. The van der Waals surface area contributed by atoms with E-state index in [9.17, 15) is 9.59 Å². The van der Waals surface area contributed by atoms with E-state index in [0.717, 1.165) is 31.2 Å². The van der Waals surface area contributed by atoms with E-state index < -0.39 is 5.41 Å². The summed E-state index contributed by atoms with van der Waals surface area (Å²) in [4.78, 5) is 26.4. The summed E-state index contributed by atoms with van der Waals surface area (Å²) < 4.78 is 0. The maximum absolute atomic E-state index is 13.0. The summed E-state index contributed by atoms with van der Waals surface area (Å²) in [6, 6.07) is 7.57. The Morgan fingerprint density at radius 3 is 2.76 bits per heavy atom. The van der Waals surface area contributed by atoms with Gasteiger partial charge in [-0.2, -0.15) is 0 Å². The Hall–Kier alpha value is -1.55. The molecule has 0 bridgehead atoms. The summed E-state index contributed by atoms with van der Waals surface area (Å²) in [6.07, 6.45) is 3.52. The van der Waals surface area contributed by atoms with Gasteiger partial charge < -0.3 is 10.2 Å². The van der Waals surface area contributed by atoms with Crippen molar-refractivity contribution in [2.24, 2.45) is 0 Å². The Morgan fingerprint density at radius 1 is 1.29 bits per heavy atom. The first-order valence-corrected chi connectivity index (χ1v) is 7.82. The molecule has 0 unspecified atom stereocenters. The van der Waals surface area contributed by atoms with Gasteiger partial charge in [0.2, 0.25) is 11.8 Å². The van der Waals surface area contributed by atoms with E-state index in [-0.39, 0.29) is 18.4 Å². The summed E-state index contributed by atoms with van der Waals surface area (Å²) in [5.74, 6) is 0.00878. The van der Waals surface area contributed by atoms with E-state index in [2.05, 4.69) is 5.32 Å². The SMILES string of the molecule is O=C1CN(C(=O)C2(c3cccc(Cl)c3)CCC2)CCCN1. The van der Waals surface area contributed by atoms with Gasteiger partial charge in [0.25, 0.3) is 0 Å². The van der Waals surface area contributed by atoms with Crippen molar-refractivity contribution >= 4 is 23.4 Å². The van der Waals surface area contributed by atoms with Crippen molar-refractivity contribution in [3.63, 3.8) is 0 Å². The Balaban J connectivity index is 1.88. The number of halogens is 1. The zero-order chi connectivity index (χ0) is 14.9. The Morgan fingerprint density at radius 2 is 2.10 bits per heavy atom. The molecule has 0 radical (unpaired) electrons. The lowest BCUT2D eigenvalue weighted by Gasteiger charge is -2.43. The molecule has 3 rings (SSSR count). The van der Waals surface area contributed by atoms with Crippen LogP contribution >= 0.6 is 11.6 Å². The van der Waals surface area contributed by atoms with Crippen molar-refractivity contribution in [3.05, 3.63) is 34.9 Å². The zero-order valence-electron chi connectivity index (χ0n) is 11.9. The molecule has 1 saturated heterocycles. The quantitative estimate of drug-likeness (QED) is 0.910. The molecule has 0 aromatic heterocycles. The molecule has 1 aromatic carbocycles. The third-order valence-corrected chi connectivity index (χ3v) is 4.78. The van der Waals surface area contributed by atoms with Gasteiger partial charge in [0.05, 0.1) is 12.0 Å². The fourth-order valence-corrected chi connectivity index (χ4v) is 3.41. The second-order valence-electron chi connectivity index (χ2n) is 5.88. The maximum atomic E-state index is 13.0. The minimum Gasteiger partial charge on any atom is -0.354 e. The second-order valence-corrected chi connectivity index (χ2v) is 6.31. The topological polar surface area (TPSA) is 49.4 Å². The van der Waals surface area contributed by atoms with Crippen molar-refractivity contribution in [3.8, 4) is 0 Å². The van der Waals surface area contributed by atoms with Gasteiger partial charge in [0.1, 0.15) is 0 Å². The first-order valence-electron chi connectivity index (χ1n) is 7.44. The predicted octanol–water partition coefficient (Wildman–Crippen LogP) is 2.11. The number of hydrogen-bond acceptors (Lipinski definition) is 2. The molecular weight excluding hydrogens is 288 g/mol. The van der Waals surface area contributed by atoms with Crippen LogP contribution in [0.4, 0.5) is 0 Å². The number of hydrogen-bond donors (Lipinski definition) is 1. The van der Waals surface area contributed by atoms with E-state index >= 15 is 0 Å². The third kappa shape index (κ3) is 2.64. The Bertz CT molecular complexity index is 569. The summed E-state index contributed by atoms with van der Waals surface area (Å²) in [5, 5.41) is 3.46. The number of rotatable bonds is 2. The molecule has 112 valence electrons. The second kappa shape index (κ2) is 5.68. The van der Waals surface area contributed by atoms with Crippen LogP contribution in [0.15, 0.2) is 24.3 Å². The first-order chi connectivity index (χ1) is 10.1. The van der Waals surface area contributed by atoms with Crippen molar-refractivity contribution in [1.29, 1.82) is 0 Å². The highest BCUT2D eigenvalue weighted by Gasteiger charge is 2.48. The molecule has 1 saturated carbocycles. The van der Waals surface area contributed by atoms with E-state index in [1.54, 1.807) is 4.90 Å². The summed E-state index contributed by atoms with van der Waals surface area (Å²) in [6.45, 7) is 1.45. The van der Waals surface area contributed by atoms with Gasteiger partial charge in [0, 0.05) is 18.1 Å². The number of carbonyl (C=O) groups is 2. The molecule has 2 aliphatic rings. The molecule has 2 fully saturated rings. The van der Waals surface area contributed by atoms with Crippen LogP contribution in [0.5, 0.6) is 0 Å². The van der Waals surface area contributed by atoms with Crippen LogP contribution in [-0.4, -0.2) is 36.3 Å².